The zero-order chi connectivity index (χ0) is 17.8. The van der Waals surface area contributed by atoms with Gasteiger partial charge in [0.15, 0.2) is 5.16 Å². The molecule has 0 unspecified atom stereocenters. The number of nitrogens with zero attached hydrogens (tertiary/aromatic N) is 2. The van der Waals surface area contributed by atoms with Gasteiger partial charge in [0, 0.05) is 23.8 Å². The Morgan fingerprint density at radius 3 is 2.80 bits per heavy atom. The van der Waals surface area contributed by atoms with E-state index in [1.165, 1.54) is 17.3 Å². The molecule has 0 spiro atoms. The second kappa shape index (κ2) is 7.95. The van der Waals surface area contributed by atoms with Crippen molar-refractivity contribution >= 4 is 46.6 Å². The molecule has 1 N–H and O–H groups in total. The van der Waals surface area contributed by atoms with Crippen molar-refractivity contribution in [3.05, 3.63) is 70.5 Å². The fourth-order valence-corrected chi connectivity index (χ4v) is 3.34. The van der Waals surface area contributed by atoms with Crippen LogP contribution in [0.4, 0.5) is 5.69 Å². The summed E-state index contributed by atoms with van der Waals surface area (Å²) in [5, 5.41) is 4.42. The van der Waals surface area contributed by atoms with Crippen molar-refractivity contribution in [2.24, 2.45) is 0 Å². The molecule has 2 aromatic carbocycles. The maximum atomic E-state index is 12.2. The van der Waals surface area contributed by atoms with E-state index in [1.54, 1.807) is 24.4 Å². The van der Waals surface area contributed by atoms with Gasteiger partial charge >= 0.3 is 0 Å². The van der Waals surface area contributed by atoms with E-state index in [1.807, 2.05) is 35.9 Å². The average Bonchev–Trinajstić information content (AvgIpc) is 3.05. The van der Waals surface area contributed by atoms with E-state index in [-0.39, 0.29) is 11.7 Å². The molecular weight excluding hydrogens is 377 g/mol. The molecule has 128 valence electrons. The van der Waals surface area contributed by atoms with Crippen LogP contribution in [-0.2, 0) is 4.79 Å². The second-order valence-electron chi connectivity index (χ2n) is 5.38. The van der Waals surface area contributed by atoms with Crippen LogP contribution in [0.5, 0.6) is 0 Å². The minimum atomic E-state index is -0.137. The minimum Gasteiger partial charge on any atom is -0.325 e. The maximum absolute atomic E-state index is 12.2. The van der Waals surface area contributed by atoms with Gasteiger partial charge in [0.1, 0.15) is 0 Å². The van der Waals surface area contributed by atoms with Gasteiger partial charge in [0.05, 0.1) is 15.8 Å². The van der Waals surface area contributed by atoms with Crippen LogP contribution in [0.2, 0.25) is 10.0 Å². The monoisotopic (exact) mass is 391 g/mol. The number of hydrogen-bond acceptors (Lipinski definition) is 3. The number of benzene rings is 2. The van der Waals surface area contributed by atoms with Crippen molar-refractivity contribution in [2.45, 2.75) is 12.1 Å². The lowest BCUT2D eigenvalue weighted by Gasteiger charge is -2.09. The van der Waals surface area contributed by atoms with Crippen molar-refractivity contribution in [3.63, 3.8) is 0 Å². The summed E-state index contributed by atoms with van der Waals surface area (Å²) in [6.07, 6.45) is 3.61. The first-order valence-electron chi connectivity index (χ1n) is 7.51. The van der Waals surface area contributed by atoms with Crippen LogP contribution >= 0.6 is 35.0 Å². The predicted molar refractivity (Wildman–Crippen MR) is 104 cm³/mol. The van der Waals surface area contributed by atoms with Crippen LogP contribution in [0.1, 0.15) is 5.56 Å². The molecule has 0 aliphatic carbocycles. The van der Waals surface area contributed by atoms with Crippen LogP contribution in [0.3, 0.4) is 0 Å². The van der Waals surface area contributed by atoms with Crippen molar-refractivity contribution in [1.82, 2.24) is 9.55 Å². The van der Waals surface area contributed by atoms with Gasteiger partial charge in [-0.2, -0.15) is 0 Å². The van der Waals surface area contributed by atoms with Gasteiger partial charge in [0.2, 0.25) is 5.91 Å². The second-order valence-corrected chi connectivity index (χ2v) is 7.14. The van der Waals surface area contributed by atoms with Gasteiger partial charge in [-0.25, -0.2) is 4.98 Å². The van der Waals surface area contributed by atoms with E-state index in [0.717, 1.165) is 10.8 Å². The molecule has 1 heterocycles. The average molecular weight is 392 g/mol. The molecule has 1 aromatic heterocycles. The predicted octanol–water partition coefficient (Wildman–Crippen LogP) is 5.22. The summed E-state index contributed by atoms with van der Waals surface area (Å²) in [6, 6.07) is 13.1. The summed E-state index contributed by atoms with van der Waals surface area (Å²) in [5.41, 5.74) is 2.80. The number of hydrogen-bond donors (Lipinski definition) is 1. The molecule has 0 fully saturated rings. The van der Waals surface area contributed by atoms with E-state index in [4.69, 9.17) is 23.2 Å². The third-order valence-electron chi connectivity index (χ3n) is 3.42. The number of amides is 1. The van der Waals surface area contributed by atoms with E-state index in [2.05, 4.69) is 16.4 Å². The van der Waals surface area contributed by atoms with Crippen LogP contribution in [0, 0.1) is 6.92 Å². The number of carbonyl (C=O) groups excluding carboxylic acids is 1. The first-order chi connectivity index (χ1) is 12.0. The van der Waals surface area contributed by atoms with Gasteiger partial charge in [-0.05, 0) is 42.8 Å². The summed E-state index contributed by atoms with van der Waals surface area (Å²) < 4.78 is 1.96. The van der Waals surface area contributed by atoms with E-state index in [0.29, 0.717) is 15.7 Å². The lowest BCUT2D eigenvalue weighted by Crippen LogP contribution is -2.14. The number of carbonyl (C=O) groups is 1. The van der Waals surface area contributed by atoms with Crippen LogP contribution in [0.15, 0.2) is 60.0 Å². The molecule has 0 saturated heterocycles. The molecule has 0 aliphatic rings. The van der Waals surface area contributed by atoms with Gasteiger partial charge in [0.25, 0.3) is 0 Å². The minimum absolute atomic E-state index is 0.137. The quantitative estimate of drug-likeness (QED) is 0.606. The van der Waals surface area contributed by atoms with Gasteiger partial charge in [-0.3, -0.25) is 9.36 Å². The number of imidazole rings is 1. The normalized spacial score (nSPS) is 10.7. The van der Waals surface area contributed by atoms with Crippen LogP contribution < -0.4 is 5.32 Å². The third kappa shape index (κ3) is 4.57. The number of aryl methyl sites for hydroxylation is 1. The van der Waals surface area contributed by atoms with E-state index >= 15 is 0 Å². The first kappa shape index (κ1) is 17.9. The van der Waals surface area contributed by atoms with Crippen molar-refractivity contribution in [1.29, 1.82) is 0 Å². The van der Waals surface area contributed by atoms with Crippen LogP contribution in [-0.4, -0.2) is 21.2 Å². The first-order valence-corrected chi connectivity index (χ1v) is 9.25. The smallest absolute Gasteiger partial charge is 0.234 e. The number of thioether (sulfide) groups is 1. The summed E-state index contributed by atoms with van der Waals surface area (Å²) >= 11 is 13.2. The summed E-state index contributed by atoms with van der Waals surface area (Å²) in [6.45, 7) is 2.04. The Morgan fingerprint density at radius 1 is 1.20 bits per heavy atom. The van der Waals surface area contributed by atoms with E-state index in [9.17, 15) is 4.79 Å². The van der Waals surface area contributed by atoms with Crippen LogP contribution in [0.25, 0.3) is 5.69 Å². The highest BCUT2D eigenvalue weighted by Crippen LogP contribution is 2.25. The molecule has 7 heteroatoms. The fraction of sp³-hybridized carbons (Fsp3) is 0.111. The van der Waals surface area contributed by atoms with Crippen molar-refractivity contribution in [3.8, 4) is 5.69 Å². The topological polar surface area (TPSA) is 46.9 Å². The molecule has 3 rings (SSSR count). The van der Waals surface area contributed by atoms with Crippen molar-refractivity contribution in [2.75, 3.05) is 11.1 Å². The highest BCUT2D eigenvalue weighted by atomic mass is 35.5. The Labute approximate surface area is 160 Å². The maximum Gasteiger partial charge on any atom is 0.234 e. The zero-order valence-electron chi connectivity index (χ0n) is 13.4. The molecule has 0 saturated carbocycles. The Hall–Kier alpha value is -1.95. The highest BCUT2D eigenvalue weighted by molar-refractivity contribution is 7.99. The molecule has 0 aliphatic heterocycles. The SMILES string of the molecule is Cc1cccc(-n2ccnc2SCC(=O)Nc2ccc(Cl)c(Cl)c2)c1. The number of rotatable bonds is 5. The van der Waals surface area contributed by atoms with Gasteiger partial charge in [-0.15, -0.1) is 0 Å². The molecule has 3 aromatic rings. The summed E-state index contributed by atoms with van der Waals surface area (Å²) in [7, 11) is 0. The van der Waals surface area contributed by atoms with Crippen molar-refractivity contribution < 1.29 is 4.79 Å². The fourth-order valence-electron chi connectivity index (χ4n) is 2.27. The summed E-state index contributed by atoms with van der Waals surface area (Å²) in [4.78, 5) is 16.5. The number of aromatic nitrogens is 2. The lowest BCUT2D eigenvalue weighted by molar-refractivity contribution is -0.113. The number of halogens is 2. The molecule has 0 radical (unpaired) electrons. The third-order valence-corrected chi connectivity index (χ3v) is 5.13. The van der Waals surface area contributed by atoms with E-state index < -0.39 is 0 Å². The Balaban J connectivity index is 1.65. The number of nitrogens with one attached hydrogen (secondary N) is 1. The van der Waals surface area contributed by atoms with Gasteiger partial charge < -0.3 is 5.32 Å². The highest BCUT2D eigenvalue weighted by Gasteiger charge is 2.10. The molecule has 0 bridgehead atoms. The zero-order valence-corrected chi connectivity index (χ0v) is 15.7. The number of anilines is 1. The molecule has 0 atom stereocenters. The van der Waals surface area contributed by atoms with Gasteiger partial charge in [-0.1, -0.05) is 47.1 Å². The molecule has 1 amide bonds. The largest absolute Gasteiger partial charge is 0.325 e. The lowest BCUT2D eigenvalue weighted by atomic mass is 10.2. The molecule has 4 nitrogen and oxygen atoms in total. The Kier molecular flexibility index (Phi) is 5.68. The summed E-state index contributed by atoms with van der Waals surface area (Å²) in [5.74, 6) is 0.102. The molecule has 25 heavy (non-hydrogen) atoms. The Morgan fingerprint density at radius 2 is 2.04 bits per heavy atom. The Bertz CT molecular complexity index is 911. The standard InChI is InChI=1S/C18H15Cl2N3OS/c1-12-3-2-4-14(9-12)23-8-7-21-18(23)25-11-17(24)22-13-5-6-15(19)16(20)10-13/h2-10H,11H2,1H3,(H,22,24). The molecular formula is C18H15Cl2N3OS.